The maximum Gasteiger partial charge on any atom is 0.311 e. The van der Waals surface area contributed by atoms with Crippen molar-refractivity contribution in [1.29, 1.82) is 0 Å². The average Bonchev–Trinajstić information content (AvgIpc) is 2.00. The lowest BCUT2D eigenvalue weighted by molar-refractivity contribution is -0.155. The number of hydrogen-bond donors (Lipinski definition) is 2. The molecule has 0 aromatic carbocycles. The van der Waals surface area contributed by atoms with Crippen LogP contribution in [0.1, 0.15) is 27.2 Å². The van der Waals surface area contributed by atoms with Gasteiger partial charge in [-0.1, -0.05) is 6.92 Å². The van der Waals surface area contributed by atoms with E-state index >= 15 is 0 Å². The Kier molecular flexibility index (Phi) is 6.94. The van der Waals surface area contributed by atoms with Gasteiger partial charge in [-0.2, -0.15) is 0 Å². The van der Waals surface area contributed by atoms with Crippen molar-refractivity contribution in [3.05, 3.63) is 0 Å². The molecule has 4 nitrogen and oxygen atoms in total. The van der Waals surface area contributed by atoms with Crippen molar-refractivity contribution in [2.45, 2.75) is 27.2 Å². The van der Waals surface area contributed by atoms with E-state index in [4.69, 9.17) is 9.84 Å². The number of ether oxygens (including phenoxy) is 1. The topological polar surface area (TPSA) is 81.5 Å². The van der Waals surface area contributed by atoms with Crippen molar-refractivity contribution >= 4 is 5.97 Å². The van der Waals surface area contributed by atoms with E-state index in [1.54, 1.807) is 0 Å². The van der Waals surface area contributed by atoms with Crippen LogP contribution in [0.3, 0.4) is 0 Å². The Morgan fingerprint density at radius 3 is 2.33 bits per heavy atom. The summed E-state index contributed by atoms with van der Waals surface area (Å²) in [4.78, 5) is 11.1. The van der Waals surface area contributed by atoms with Gasteiger partial charge >= 0.3 is 5.97 Å². The van der Waals surface area contributed by atoms with E-state index in [0.29, 0.717) is 0 Å². The van der Waals surface area contributed by atoms with E-state index in [9.17, 15) is 4.79 Å². The second kappa shape index (κ2) is 5.97. The van der Waals surface area contributed by atoms with Crippen molar-refractivity contribution in [3.63, 3.8) is 0 Å². The van der Waals surface area contributed by atoms with E-state index in [1.165, 1.54) is 0 Å². The summed E-state index contributed by atoms with van der Waals surface area (Å²) < 4.78 is 4.76. The van der Waals surface area contributed by atoms with Crippen molar-refractivity contribution in [2.75, 3.05) is 13.2 Å². The standard InChI is InChI=1S/C8H16O3.H3N/c1-4-8(2,3)7(10)11-6-5-9;/h9H,4-6H2,1-3H3;1H3. The summed E-state index contributed by atoms with van der Waals surface area (Å²) in [5.74, 6) is -0.242. The lowest BCUT2D eigenvalue weighted by atomic mass is 9.91. The molecule has 0 saturated carbocycles. The molecular weight excluding hydrogens is 158 g/mol. The fraction of sp³-hybridized carbons (Fsp3) is 0.875. The summed E-state index contributed by atoms with van der Waals surface area (Å²) >= 11 is 0. The number of aliphatic hydroxyl groups is 1. The molecule has 0 spiro atoms. The van der Waals surface area contributed by atoms with Gasteiger partial charge in [0.05, 0.1) is 12.0 Å². The van der Waals surface area contributed by atoms with Crippen LogP contribution in [0.5, 0.6) is 0 Å². The van der Waals surface area contributed by atoms with E-state index in [1.807, 2.05) is 20.8 Å². The zero-order valence-electron chi connectivity index (χ0n) is 8.09. The minimum atomic E-state index is -0.421. The van der Waals surface area contributed by atoms with Crippen LogP contribution in [-0.2, 0) is 9.53 Å². The highest BCUT2D eigenvalue weighted by atomic mass is 16.5. The second-order valence-electron chi connectivity index (χ2n) is 3.10. The third-order valence-electron chi connectivity index (χ3n) is 1.76. The van der Waals surface area contributed by atoms with E-state index in [2.05, 4.69) is 0 Å². The van der Waals surface area contributed by atoms with Gasteiger partial charge in [0.1, 0.15) is 6.61 Å². The van der Waals surface area contributed by atoms with Gasteiger partial charge in [0, 0.05) is 0 Å². The average molecular weight is 177 g/mol. The van der Waals surface area contributed by atoms with Crippen LogP contribution in [0.25, 0.3) is 0 Å². The van der Waals surface area contributed by atoms with Crippen LogP contribution in [0.2, 0.25) is 0 Å². The molecular formula is C8H19NO3. The minimum Gasteiger partial charge on any atom is -0.463 e. The van der Waals surface area contributed by atoms with Crippen molar-refractivity contribution in [1.82, 2.24) is 6.15 Å². The molecule has 4 heteroatoms. The largest absolute Gasteiger partial charge is 0.463 e. The molecule has 4 N–H and O–H groups in total. The van der Waals surface area contributed by atoms with Gasteiger partial charge in [-0.05, 0) is 20.3 Å². The Labute approximate surface area is 73.5 Å². The molecule has 0 unspecified atom stereocenters. The lowest BCUT2D eigenvalue weighted by Crippen LogP contribution is -2.26. The first-order valence-electron chi connectivity index (χ1n) is 3.82. The number of rotatable bonds is 4. The Balaban J connectivity index is 0. The molecule has 0 atom stereocenters. The van der Waals surface area contributed by atoms with E-state index in [-0.39, 0.29) is 25.3 Å². The first-order chi connectivity index (χ1) is 5.04. The summed E-state index contributed by atoms with van der Waals surface area (Å²) in [5, 5.41) is 8.38. The quantitative estimate of drug-likeness (QED) is 0.630. The summed E-state index contributed by atoms with van der Waals surface area (Å²) in [6.45, 7) is 5.58. The van der Waals surface area contributed by atoms with Gasteiger partial charge in [-0.3, -0.25) is 4.79 Å². The molecule has 0 aromatic heterocycles. The Morgan fingerprint density at radius 1 is 1.50 bits per heavy atom. The Morgan fingerprint density at radius 2 is 2.00 bits per heavy atom. The number of esters is 1. The Bertz CT molecular complexity index is 134. The van der Waals surface area contributed by atoms with Crippen molar-refractivity contribution in [3.8, 4) is 0 Å². The van der Waals surface area contributed by atoms with Gasteiger partial charge in [-0.25, -0.2) is 0 Å². The summed E-state index contributed by atoms with van der Waals surface area (Å²) in [6.07, 6.45) is 0.747. The molecule has 0 amide bonds. The van der Waals surface area contributed by atoms with Crippen LogP contribution in [-0.4, -0.2) is 24.3 Å². The maximum absolute atomic E-state index is 11.1. The highest BCUT2D eigenvalue weighted by Gasteiger charge is 2.26. The first kappa shape index (κ1) is 13.9. The molecule has 0 aliphatic heterocycles. The summed E-state index contributed by atoms with van der Waals surface area (Å²) in [5.41, 5.74) is -0.421. The predicted molar refractivity (Wildman–Crippen MR) is 47.1 cm³/mol. The Hall–Kier alpha value is -0.610. The first-order valence-corrected chi connectivity index (χ1v) is 3.82. The maximum atomic E-state index is 11.1. The molecule has 0 aliphatic rings. The number of carbonyl (C=O) groups excluding carboxylic acids is 1. The summed E-state index contributed by atoms with van der Waals surface area (Å²) in [7, 11) is 0. The molecule has 0 heterocycles. The van der Waals surface area contributed by atoms with Crippen LogP contribution >= 0.6 is 0 Å². The lowest BCUT2D eigenvalue weighted by Gasteiger charge is -2.19. The summed E-state index contributed by atoms with van der Waals surface area (Å²) in [6, 6.07) is 0. The second-order valence-corrected chi connectivity index (χ2v) is 3.10. The van der Waals surface area contributed by atoms with Crippen LogP contribution in [0.15, 0.2) is 0 Å². The van der Waals surface area contributed by atoms with Crippen LogP contribution in [0.4, 0.5) is 0 Å². The molecule has 12 heavy (non-hydrogen) atoms. The molecule has 0 rings (SSSR count). The fourth-order valence-electron chi connectivity index (χ4n) is 0.478. The van der Waals surface area contributed by atoms with Crippen LogP contribution in [0, 0.1) is 5.41 Å². The van der Waals surface area contributed by atoms with Gasteiger partial charge in [0.2, 0.25) is 0 Å². The number of carbonyl (C=O) groups is 1. The normalized spacial score (nSPS) is 10.3. The molecule has 0 radical (unpaired) electrons. The van der Waals surface area contributed by atoms with Crippen molar-refractivity contribution in [2.24, 2.45) is 5.41 Å². The van der Waals surface area contributed by atoms with Gasteiger partial charge in [-0.15, -0.1) is 0 Å². The zero-order chi connectivity index (χ0) is 8.91. The number of aliphatic hydroxyl groups excluding tert-OH is 1. The third-order valence-corrected chi connectivity index (χ3v) is 1.76. The molecule has 0 saturated heterocycles. The van der Waals surface area contributed by atoms with Crippen LogP contribution < -0.4 is 6.15 Å². The van der Waals surface area contributed by atoms with Gasteiger partial charge in [0.25, 0.3) is 0 Å². The SMILES string of the molecule is CCC(C)(C)C(=O)OCCO.N. The molecule has 74 valence electrons. The fourth-order valence-corrected chi connectivity index (χ4v) is 0.478. The molecule has 0 aromatic rings. The highest BCUT2D eigenvalue weighted by molar-refractivity contribution is 5.75. The number of hydrogen-bond acceptors (Lipinski definition) is 4. The molecule has 0 fully saturated rings. The van der Waals surface area contributed by atoms with E-state index in [0.717, 1.165) is 6.42 Å². The van der Waals surface area contributed by atoms with E-state index < -0.39 is 5.41 Å². The molecule has 0 bridgehead atoms. The van der Waals surface area contributed by atoms with Crippen molar-refractivity contribution < 1.29 is 14.6 Å². The minimum absolute atomic E-state index is 0. The van der Waals surface area contributed by atoms with Gasteiger partial charge in [0.15, 0.2) is 0 Å². The smallest absolute Gasteiger partial charge is 0.311 e. The predicted octanol–water partition coefficient (Wildman–Crippen LogP) is 1.12. The molecule has 0 aliphatic carbocycles. The third kappa shape index (κ3) is 4.31. The van der Waals surface area contributed by atoms with Gasteiger partial charge < -0.3 is 16.0 Å². The zero-order valence-corrected chi connectivity index (χ0v) is 8.09. The highest BCUT2D eigenvalue weighted by Crippen LogP contribution is 2.20. The monoisotopic (exact) mass is 177 g/mol.